The van der Waals surface area contributed by atoms with Crippen molar-refractivity contribution in [1.29, 1.82) is 0 Å². The summed E-state index contributed by atoms with van der Waals surface area (Å²) in [5.41, 5.74) is 0. The molecule has 0 aliphatic carbocycles. The van der Waals surface area contributed by atoms with Crippen LogP contribution in [0.1, 0.15) is 187 Å². The summed E-state index contributed by atoms with van der Waals surface area (Å²) in [6.07, 6.45) is 36.1. The molecular weight excluding hydrogens is 682 g/mol. The third-order valence-electron chi connectivity index (χ3n) is 10.4. The number of ether oxygens (including phenoxy) is 2. The van der Waals surface area contributed by atoms with Gasteiger partial charge in [0.05, 0.1) is 25.4 Å². The average Bonchev–Trinajstić information content (AvgIpc) is 3.17. The molecule has 1 saturated heterocycles. The first kappa shape index (κ1) is 50.4. The third kappa shape index (κ3) is 26.3. The van der Waals surface area contributed by atoms with Gasteiger partial charge in [0, 0.05) is 6.42 Å². The second-order valence-electron chi connectivity index (χ2n) is 15.5. The summed E-state index contributed by atoms with van der Waals surface area (Å²) in [6.45, 7) is 3.73. The summed E-state index contributed by atoms with van der Waals surface area (Å²) < 4.78 is 11.2. The molecule has 9 heteroatoms. The Kier molecular flexibility index (Phi) is 33.4. The van der Waals surface area contributed by atoms with Crippen LogP contribution in [0.2, 0.25) is 0 Å². The summed E-state index contributed by atoms with van der Waals surface area (Å²) in [5, 5.41) is 54.1. The van der Waals surface area contributed by atoms with Gasteiger partial charge in [0.25, 0.3) is 0 Å². The molecule has 0 aromatic carbocycles. The van der Waals surface area contributed by atoms with E-state index >= 15 is 0 Å². The lowest BCUT2D eigenvalue weighted by atomic mass is 9.99. The van der Waals surface area contributed by atoms with Crippen LogP contribution in [0.5, 0.6) is 0 Å². The van der Waals surface area contributed by atoms with Crippen LogP contribution >= 0.6 is 0 Å². The van der Waals surface area contributed by atoms with Crippen molar-refractivity contribution in [2.45, 2.75) is 230 Å². The second-order valence-corrected chi connectivity index (χ2v) is 15.5. The van der Waals surface area contributed by atoms with Gasteiger partial charge in [-0.05, 0) is 57.8 Å². The minimum atomic E-state index is -1.57. The monoisotopic (exact) mass is 766 g/mol. The topological polar surface area (TPSA) is 149 Å². The van der Waals surface area contributed by atoms with Gasteiger partial charge >= 0.3 is 0 Å². The molecule has 9 nitrogen and oxygen atoms in total. The number of carbonyl (C=O) groups excluding carboxylic acids is 1. The minimum absolute atomic E-state index is 0.197. The summed E-state index contributed by atoms with van der Waals surface area (Å²) in [7, 11) is 0. The van der Waals surface area contributed by atoms with Gasteiger partial charge in [-0.25, -0.2) is 0 Å². The number of nitrogens with one attached hydrogen (secondary N) is 1. The molecule has 1 aliphatic heterocycles. The van der Waals surface area contributed by atoms with Gasteiger partial charge in [0.1, 0.15) is 24.4 Å². The molecule has 7 unspecified atom stereocenters. The molecule has 1 fully saturated rings. The van der Waals surface area contributed by atoms with E-state index in [-0.39, 0.29) is 12.5 Å². The van der Waals surface area contributed by atoms with E-state index in [0.717, 1.165) is 57.8 Å². The van der Waals surface area contributed by atoms with E-state index in [0.29, 0.717) is 6.42 Å². The smallest absolute Gasteiger partial charge is 0.220 e. The fraction of sp³-hybridized carbons (Fsp3) is 0.844. The Hall–Kier alpha value is -1.59. The molecule has 0 spiro atoms. The van der Waals surface area contributed by atoms with E-state index < -0.39 is 49.5 Å². The van der Waals surface area contributed by atoms with Crippen molar-refractivity contribution in [1.82, 2.24) is 5.32 Å². The molecule has 0 saturated carbocycles. The van der Waals surface area contributed by atoms with Crippen molar-refractivity contribution in [3.8, 4) is 0 Å². The number of hydrogen-bond acceptors (Lipinski definition) is 8. The molecule has 6 N–H and O–H groups in total. The van der Waals surface area contributed by atoms with Gasteiger partial charge in [-0.15, -0.1) is 0 Å². The quantitative estimate of drug-likeness (QED) is 0.0274. The first-order valence-electron chi connectivity index (χ1n) is 22.2. The van der Waals surface area contributed by atoms with Crippen LogP contribution in [0.4, 0.5) is 0 Å². The van der Waals surface area contributed by atoms with Gasteiger partial charge in [0.2, 0.25) is 5.91 Å². The highest BCUT2D eigenvalue weighted by Gasteiger charge is 2.44. The minimum Gasteiger partial charge on any atom is -0.394 e. The summed E-state index contributed by atoms with van der Waals surface area (Å²) in [5.74, 6) is -0.197. The zero-order chi connectivity index (χ0) is 39.5. The predicted molar refractivity (Wildman–Crippen MR) is 221 cm³/mol. The molecule has 0 bridgehead atoms. The van der Waals surface area contributed by atoms with Crippen molar-refractivity contribution in [3.05, 3.63) is 36.5 Å². The number of amides is 1. The van der Waals surface area contributed by atoms with Crippen molar-refractivity contribution in [2.24, 2.45) is 0 Å². The van der Waals surface area contributed by atoms with Crippen LogP contribution in [0.25, 0.3) is 0 Å². The Morgan fingerprint density at radius 2 is 1.06 bits per heavy atom. The van der Waals surface area contributed by atoms with Crippen LogP contribution < -0.4 is 5.32 Å². The molecule has 7 atom stereocenters. The van der Waals surface area contributed by atoms with E-state index in [2.05, 4.69) is 43.5 Å². The fourth-order valence-corrected chi connectivity index (χ4v) is 6.81. The molecular formula is C45H83NO8. The number of aliphatic hydroxyl groups excluding tert-OH is 5. The fourth-order valence-electron chi connectivity index (χ4n) is 6.81. The Morgan fingerprint density at radius 3 is 1.56 bits per heavy atom. The van der Waals surface area contributed by atoms with E-state index in [1.807, 2.05) is 6.08 Å². The summed E-state index contributed by atoms with van der Waals surface area (Å²) >= 11 is 0. The summed E-state index contributed by atoms with van der Waals surface area (Å²) in [6, 6.07) is -0.823. The first-order valence-corrected chi connectivity index (χ1v) is 22.2. The highest BCUT2D eigenvalue weighted by molar-refractivity contribution is 5.76. The Morgan fingerprint density at radius 1 is 0.611 bits per heavy atom. The highest BCUT2D eigenvalue weighted by atomic mass is 16.7. The zero-order valence-electron chi connectivity index (χ0n) is 34.5. The van der Waals surface area contributed by atoms with Crippen molar-refractivity contribution in [3.63, 3.8) is 0 Å². The normalized spacial score (nSPS) is 21.8. The van der Waals surface area contributed by atoms with E-state index in [1.54, 1.807) is 6.08 Å². The van der Waals surface area contributed by atoms with Gasteiger partial charge in [-0.1, -0.05) is 159 Å². The number of allylic oxidation sites excluding steroid dienone is 5. The molecule has 0 aromatic rings. The molecule has 0 aromatic heterocycles. The van der Waals surface area contributed by atoms with Crippen molar-refractivity contribution >= 4 is 5.91 Å². The summed E-state index contributed by atoms with van der Waals surface area (Å²) in [4.78, 5) is 12.9. The third-order valence-corrected chi connectivity index (χ3v) is 10.4. The number of unbranched alkanes of at least 4 members (excludes halogenated alkanes) is 22. The Labute approximate surface area is 330 Å². The van der Waals surface area contributed by atoms with E-state index in [4.69, 9.17) is 9.47 Å². The van der Waals surface area contributed by atoms with E-state index in [9.17, 15) is 30.3 Å². The van der Waals surface area contributed by atoms with E-state index in [1.165, 1.54) is 109 Å². The number of rotatable bonds is 36. The van der Waals surface area contributed by atoms with Crippen LogP contribution in [0.3, 0.4) is 0 Å². The molecule has 1 aliphatic rings. The molecule has 316 valence electrons. The average molecular weight is 766 g/mol. The number of carbonyl (C=O) groups is 1. The van der Waals surface area contributed by atoms with Gasteiger partial charge in [-0.3, -0.25) is 4.79 Å². The molecule has 1 heterocycles. The van der Waals surface area contributed by atoms with Gasteiger partial charge in [-0.2, -0.15) is 0 Å². The standard InChI is InChI=1S/C45H83NO8/c1-3-5-7-9-11-13-15-17-19-21-22-24-26-28-30-32-34-39(48)38(37-53-45-44(52)43(51)42(50)40(36-47)54-45)46-41(49)35-33-31-29-27-25-23-20-18-16-14-12-10-8-6-4-2/h18,20,24,26,32,34,38-40,42-45,47-48,50-52H,3-17,19,21-23,25,27-31,33,35-37H2,1-2H3,(H,46,49)/b20-18-,26-24+,34-32+. The molecule has 1 amide bonds. The molecule has 1 rings (SSSR count). The lowest BCUT2D eigenvalue weighted by Gasteiger charge is -2.40. The Bertz CT molecular complexity index is 941. The maximum Gasteiger partial charge on any atom is 0.220 e. The van der Waals surface area contributed by atoms with Crippen LogP contribution in [-0.2, 0) is 14.3 Å². The molecule has 0 radical (unpaired) electrons. The largest absolute Gasteiger partial charge is 0.394 e. The first-order chi connectivity index (χ1) is 26.3. The van der Waals surface area contributed by atoms with Crippen LogP contribution in [0.15, 0.2) is 36.5 Å². The predicted octanol–water partition coefficient (Wildman–Crippen LogP) is 8.89. The Balaban J connectivity index is 2.42. The maximum atomic E-state index is 12.9. The zero-order valence-corrected chi connectivity index (χ0v) is 34.5. The van der Waals surface area contributed by atoms with Crippen molar-refractivity contribution < 1.29 is 39.8 Å². The molecule has 54 heavy (non-hydrogen) atoms. The number of hydrogen-bond donors (Lipinski definition) is 6. The second kappa shape index (κ2) is 35.8. The lowest BCUT2D eigenvalue weighted by Crippen LogP contribution is -2.60. The van der Waals surface area contributed by atoms with Gasteiger partial charge < -0.3 is 40.3 Å². The van der Waals surface area contributed by atoms with Crippen molar-refractivity contribution in [2.75, 3.05) is 13.2 Å². The highest BCUT2D eigenvalue weighted by Crippen LogP contribution is 2.22. The van der Waals surface area contributed by atoms with Gasteiger partial charge in [0.15, 0.2) is 6.29 Å². The SMILES string of the molecule is CCCCCCCC/C=C\CCCCCCCC(=O)NC(COC1OC(CO)C(O)C(O)C1O)C(O)/C=C/CC/C=C/CCCCCCCCCCCC. The van der Waals surface area contributed by atoms with Crippen LogP contribution in [0, 0.1) is 0 Å². The lowest BCUT2D eigenvalue weighted by molar-refractivity contribution is -0.302. The maximum absolute atomic E-state index is 12.9. The van der Waals surface area contributed by atoms with Crippen LogP contribution in [-0.4, -0.2) is 87.5 Å². The number of aliphatic hydroxyl groups is 5.